The Bertz CT molecular complexity index is 1270. The molecule has 0 atom stereocenters. The van der Waals surface area contributed by atoms with E-state index in [0.29, 0.717) is 5.95 Å². The van der Waals surface area contributed by atoms with Crippen LogP contribution in [0.4, 0.5) is 11.8 Å². The average Bonchev–Trinajstić information content (AvgIpc) is 3.29. The number of amides is 1. The van der Waals surface area contributed by atoms with E-state index in [2.05, 4.69) is 50.5 Å². The topological polar surface area (TPSA) is 75.9 Å². The zero-order valence-electron chi connectivity index (χ0n) is 18.1. The minimum atomic E-state index is -0.0241. The zero-order chi connectivity index (χ0) is 21.5. The Morgan fingerprint density at radius 3 is 2.74 bits per heavy atom. The summed E-state index contributed by atoms with van der Waals surface area (Å²) in [5, 5.41) is 4.24. The van der Waals surface area contributed by atoms with E-state index in [0.717, 1.165) is 59.5 Å². The van der Waals surface area contributed by atoms with E-state index in [1.165, 1.54) is 10.4 Å². The monoisotopic (exact) mass is 434 g/mol. The fourth-order valence-electron chi connectivity index (χ4n) is 4.46. The van der Waals surface area contributed by atoms with Gasteiger partial charge in [0, 0.05) is 30.4 Å². The smallest absolute Gasteiger partial charge is 0.229 e. The number of carbonyl (C=O) groups excluding carboxylic acids is 1. The van der Waals surface area contributed by atoms with Crippen LogP contribution in [0, 0.1) is 19.8 Å². The molecule has 0 radical (unpaired) electrons. The lowest BCUT2D eigenvalue weighted by Gasteiger charge is -2.32. The average molecular weight is 435 g/mol. The minimum absolute atomic E-state index is 0.0241. The maximum Gasteiger partial charge on any atom is 0.229 e. The fraction of sp³-hybridized carbons (Fsp3) is 0.391. The van der Waals surface area contributed by atoms with Gasteiger partial charge in [0.1, 0.15) is 17.0 Å². The largest absolute Gasteiger partial charge is 0.356 e. The summed E-state index contributed by atoms with van der Waals surface area (Å²) in [6.07, 6.45) is 3.25. The molecular formula is C23H26N6OS. The number of nitrogens with one attached hydrogen (secondary N) is 1. The number of piperidine rings is 1. The van der Waals surface area contributed by atoms with Crippen LogP contribution in [0.15, 0.2) is 30.6 Å². The lowest BCUT2D eigenvalue weighted by atomic mass is 9.95. The summed E-state index contributed by atoms with van der Waals surface area (Å²) in [5.41, 5.74) is 3.21. The van der Waals surface area contributed by atoms with Gasteiger partial charge in [-0.15, -0.1) is 11.3 Å². The first kappa shape index (κ1) is 19.9. The SMILES string of the molecule is CCn1c(NC(=O)C2CCN(c3ncnc4sc(C)c(C)c34)CC2)nc2ccccc21. The van der Waals surface area contributed by atoms with Gasteiger partial charge in [-0.2, -0.15) is 0 Å². The van der Waals surface area contributed by atoms with E-state index in [1.54, 1.807) is 17.7 Å². The van der Waals surface area contributed by atoms with Crippen LogP contribution in [0.1, 0.15) is 30.2 Å². The van der Waals surface area contributed by atoms with Crippen LogP contribution in [-0.2, 0) is 11.3 Å². The summed E-state index contributed by atoms with van der Waals surface area (Å²) in [6, 6.07) is 7.98. The van der Waals surface area contributed by atoms with Crippen LogP contribution >= 0.6 is 11.3 Å². The number of nitrogens with zero attached hydrogens (tertiary/aromatic N) is 5. The molecular weight excluding hydrogens is 408 g/mol. The zero-order valence-corrected chi connectivity index (χ0v) is 18.9. The molecule has 1 saturated heterocycles. The third-order valence-corrected chi connectivity index (χ3v) is 7.43. The number of para-hydroxylation sites is 2. The number of rotatable bonds is 4. The number of anilines is 2. The van der Waals surface area contributed by atoms with Crippen LogP contribution in [-0.4, -0.2) is 38.5 Å². The van der Waals surface area contributed by atoms with Crippen LogP contribution in [0.25, 0.3) is 21.3 Å². The predicted molar refractivity (Wildman–Crippen MR) is 126 cm³/mol. The molecule has 7 nitrogen and oxygen atoms in total. The molecule has 1 aliphatic heterocycles. The van der Waals surface area contributed by atoms with Gasteiger partial charge < -0.3 is 9.47 Å². The van der Waals surface area contributed by atoms with Crippen molar-refractivity contribution in [2.45, 2.75) is 40.2 Å². The van der Waals surface area contributed by atoms with Crippen LogP contribution in [0.3, 0.4) is 0 Å². The molecule has 0 unspecified atom stereocenters. The Balaban J connectivity index is 1.31. The lowest BCUT2D eigenvalue weighted by Crippen LogP contribution is -2.39. The van der Waals surface area contributed by atoms with Crippen molar-refractivity contribution >= 4 is 50.3 Å². The van der Waals surface area contributed by atoms with Gasteiger partial charge in [-0.25, -0.2) is 15.0 Å². The number of benzene rings is 1. The van der Waals surface area contributed by atoms with E-state index in [-0.39, 0.29) is 11.8 Å². The summed E-state index contributed by atoms with van der Waals surface area (Å²) < 4.78 is 2.06. The highest BCUT2D eigenvalue weighted by Crippen LogP contribution is 2.35. The Morgan fingerprint density at radius 2 is 1.97 bits per heavy atom. The van der Waals surface area contributed by atoms with Crippen molar-refractivity contribution in [3.05, 3.63) is 41.0 Å². The van der Waals surface area contributed by atoms with Crippen LogP contribution in [0.2, 0.25) is 0 Å². The second-order valence-electron chi connectivity index (χ2n) is 8.08. The van der Waals surface area contributed by atoms with Gasteiger partial charge >= 0.3 is 0 Å². The maximum atomic E-state index is 13.0. The minimum Gasteiger partial charge on any atom is -0.356 e. The van der Waals surface area contributed by atoms with Gasteiger partial charge in [-0.3, -0.25) is 10.1 Å². The number of hydrogen-bond donors (Lipinski definition) is 1. The van der Waals surface area contributed by atoms with Crippen LogP contribution in [0.5, 0.6) is 0 Å². The number of carbonyl (C=O) groups is 1. The molecule has 31 heavy (non-hydrogen) atoms. The molecule has 0 aliphatic carbocycles. The Morgan fingerprint density at radius 1 is 1.19 bits per heavy atom. The molecule has 0 saturated carbocycles. The molecule has 8 heteroatoms. The van der Waals surface area contributed by atoms with E-state index in [9.17, 15) is 4.79 Å². The molecule has 0 bridgehead atoms. The number of aromatic nitrogens is 4. The number of fused-ring (bicyclic) bond motifs is 2. The molecule has 3 aromatic heterocycles. The molecule has 160 valence electrons. The van der Waals surface area contributed by atoms with Crippen molar-refractivity contribution in [3.8, 4) is 0 Å². The number of aryl methyl sites for hydroxylation is 3. The highest BCUT2D eigenvalue weighted by atomic mass is 32.1. The van der Waals surface area contributed by atoms with E-state index < -0.39 is 0 Å². The third-order valence-electron chi connectivity index (χ3n) is 6.32. The predicted octanol–water partition coefficient (Wildman–Crippen LogP) is 4.53. The first-order valence-corrected chi connectivity index (χ1v) is 11.6. The number of imidazole rings is 1. The van der Waals surface area contributed by atoms with E-state index >= 15 is 0 Å². The van der Waals surface area contributed by atoms with E-state index in [4.69, 9.17) is 0 Å². The normalized spacial score (nSPS) is 15.1. The molecule has 4 aromatic rings. The van der Waals surface area contributed by atoms with Gasteiger partial charge in [-0.1, -0.05) is 12.1 Å². The summed E-state index contributed by atoms with van der Waals surface area (Å²) in [7, 11) is 0. The molecule has 1 aliphatic rings. The molecule has 1 N–H and O–H groups in total. The van der Waals surface area contributed by atoms with Gasteiger partial charge in [0.2, 0.25) is 11.9 Å². The third kappa shape index (κ3) is 3.44. The van der Waals surface area contributed by atoms with Gasteiger partial charge in [0.15, 0.2) is 0 Å². The molecule has 5 rings (SSSR count). The Kier molecular flexibility index (Phi) is 5.09. The number of thiophene rings is 1. The molecule has 4 heterocycles. The van der Waals surface area contributed by atoms with Gasteiger partial charge in [0.05, 0.1) is 16.4 Å². The van der Waals surface area contributed by atoms with Crippen molar-refractivity contribution in [3.63, 3.8) is 0 Å². The van der Waals surface area contributed by atoms with Crippen molar-refractivity contribution in [1.29, 1.82) is 0 Å². The first-order valence-electron chi connectivity index (χ1n) is 10.8. The number of hydrogen-bond acceptors (Lipinski definition) is 6. The summed E-state index contributed by atoms with van der Waals surface area (Å²) in [5.74, 6) is 1.67. The molecule has 1 aromatic carbocycles. The quantitative estimate of drug-likeness (QED) is 0.511. The maximum absolute atomic E-state index is 13.0. The lowest BCUT2D eigenvalue weighted by molar-refractivity contribution is -0.120. The van der Waals surface area contributed by atoms with Crippen molar-refractivity contribution in [1.82, 2.24) is 19.5 Å². The summed E-state index contributed by atoms with van der Waals surface area (Å²) in [4.78, 5) is 31.3. The Hall–Kier alpha value is -3.00. The Labute approximate surface area is 185 Å². The summed E-state index contributed by atoms with van der Waals surface area (Å²) >= 11 is 1.72. The highest BCUT2D eigenvalue weighted by Gasteiger charge is 2.28. The first-order chi connectivity index (χ1) is 15.1. The summed E-state index contributed by atoms with van der Waals surface area (Å²) in [6.45, 7) is 8.72. The van der Waals surface area contributed by atoms with Crippen molar-refractivity contribution < 1.29 is 4.79 Å². The van der Waals surface area contributed by atoms with Crippen molar-refractivity contribution in [2.75, 3.05) is 23.3 Å². The highest BCUT2D eigenvalue weighted by molar-refractivity contribution is 7.18. The molecule has 0 spiro atoms. The van der Waals surface area contributed by atoms with Crippen molar-refractivity contribution in [2.24, 2.45) is 5.92 Å². The van der Waals surface area contributed by atoms with Gasteiger partial charge in [-0.05, 0) is 51.3 Å². The van der Waals surface area contributed by atoms with Gasteiger partial charge in [0.25, 0.3) is 0 Å². The van der Waals surface area contributed by atoms with E-state index in [1.807, 2.05) is 24.3 Å². The fourth-order valence-corrected chi connectivity index (χ4v) is 5.45. The molecule has 1 fully saturated rings. The standard InChI is InChI=1S/C23H26N6OS/c1-4-29-18-8-6-5-7-17(18)26-23(29)27-21(30)16-9-11-28(12-10-16)20-19-14(2)15(3)31-22(19)25-13-24-20/h5-8,13,16H,4,9-12H2,1-3H3,(H,26,27,30). The second-order valence-corrected chi connectivity index (χ2v) is 9.28. The van der Waals surface area contributed by atoms with Crippen LogP contribution < -0.4 is 10.2 Å². The second kappa shape index (κ2) is 7.92. The molecule has 1 amide bonds.